The van der Waals surface area contributed by atoms with Gasteiger partial charge in [0.15, 0.2) is 0 Å². The minimum atomic E-state index is 0.702. The molecule has 3 N–H and O–H groups in total. The number of nitrogens with two attached hydrogens (primary N) is 1. The average Bonchev–Trinajstić information content (AvgIpc) is 2.97. The molecule has 0 bridgehead atoms. The number of aromatic nitrogens is 3. The van der Waals surface area contributed by atoms with Crippen LogP contribution in [-0.2, 0) is 13.6 Å². The van der Waals surface area contributed by atoms with Crippen molar-refractivity contribution in [3.63, 3.8) is 0 Å². The molecule has 3 rings (SSSR count). The van der Waals surface area contributed by atoms with Crippen molar-refractivity contribution in [2.24, 2.45) is 7.05 Å². The van der Waals surface area contributed by atoms with Crippen molar-refractivity contribution in [1.29, 1.82) is 0 Å². The molecule has 18 heavy (non-hydrogen) atoms. The van der Waals surface area contributed by atoms with Crippen LogP contribution in [0.2, 0.25) is 0 Å². The van der Waals surface area contributed by atoms with E-state index in [0.29, 0.717) is 12.2 Å². The molecule has 0 fully saturated rings. The van der Waals surface area contributed by atoms with E-state index >= 15 is 0 Å². The fraction of sp³-hybridized carbons (Fsp3) is 0.167. The molecular weight excluding hydrogens is 246 g/mol. The number of benzene rings is 1. The molecule has 92 valence electrons. The highest BCUT2D eigenvalue weighted by atomic mass is 32.1. The lowest BCUT2D eigenvalue weighted by molar-refractivity contribution is 0.767. The van der Waals surface area contributed by atoms with Crippen LogP contribution in [0, 0.1) is 0 Å². The van der Waals surface area contributed by atoms with E-state index in [1.165, 1.54) is 0 Å². The lowest BCUT2D eigenvalue weighted by Gasteiger charge is -2.08. The van der Waals surface area contributed by atoms with Crippen molar-refractivity contribution in [1.82, 2.24) is 14.8 Å². The van der Waals surface area contributed by atoms with Gasteiger partial charge >= 0.3 is 0 Å². The van der Waals surface area contributed by atoms with Crippen molar-refractivity contribution < 1.29 is 0 Å². The topological polar surface area (TPSA) is 68.8 Å². The standard InChI is InChI=1S/C12H13N5S/c1-17-6-8(5-16-17)4-14-9-2-3-10-12(11(9)13)15-7-18-10/h2-3,5-7,14H,4,13H2,1H3. The van der Waals surface area contributed by atoms with Crippen molar-refractivity contribution in [3.05, 3.63) is 35.6 Å². The van der Waals surface area contributed by atoms with Gasteiger partial charge in [-0.25, -0.2) is 4.98 Å². The van der Waals surface area contributed by atoms with Crippen LogP contribution in [-0.4, -0.2) is 14.8 Å². The number of nitrogens with one attached hydrogen (secondary N) is 1. The Kier molecular flexibility index (Phi) is 2.64. The number of hydrogen-bond acceptors (Lipinski definition) is 5. The SMILES string of the molecule is Cn1cc(CNc2ccc3scnc3c2N)cn1. The zero-order valence-electron chi connectivity index (χ0n) is 9.92. The predicted molar refractivity (Wildman–Crippen MR) is 74.6 cm³/mol. The Labute approximate surface area is 108 Å². The summed E-state index contributed by atoms with van der Waals surface area (Å²) in [6.45, 7) is 0.702. The second-order valence-corrected chi connectivity index (χ2v) is 4.99. The van der Waals surface area contributed by atoms with Gasteiger partial charge in [-0.2, -0.15) is 5.10 Å². The Bertz CT molecular complexity index is 685. The number of rotatable bonds is 3. The molecule has 5 nitrogen and oxygen atoms in total. The predicted octanol–water partition coefficient (Wildman–Crippen LogP) is 2.22. The lowest BCUT2D eigenvalue weighted by atomic mass is 10.2. The number of thiazole rings is 1. The molecule has 0 atom stereocenters. The first-order valence-corrected chi connectivity index (χ1v) is 6.45. The number of fused-ring (bicyclic) bond motifs is 1. The summed E-state index contributed by atoms with van der Waals surface area (Å²) in [6.07, 6.45) is 3.81. The quantitative estimate of drug-likeness (QED) is 0.708. The van der Waals surface area contributed by atoms with Gasteiger partial charge in [-0.3, -0.25) is 4.68 Å². The molecular formula is C12H13N5S. The fourth-order valence-corrected chi connectivity index (χ4v) is 2.56. The third-order valence-corrected chi connectivity index (χ3v) is 3.58. The molecule has 0 aliphatic heterocycles. The van der Waals surface area contributed by atoms with Gasteiger partial charge in [-0.05, 0) is 12.1 Å². The van der Waals surface area contributed by atoms with Crippen molar-refractivity contribution in [2.75, 3.05) is 11.1 Å². The molecule has 2 aromatic heterocycles. The van der Waals surface area contributed by atoms with Crippen LogP contribution >= 0.6 is 11.3 Å². The van der Waals surface area contributed by atoms with Crippen LogP contribution in [0.4, 0.5) is 11.4 Å². The largest absolute Gasteiger partial charge is 0.395 e. The van der Waals surface area contributed by atoms with Gasteiger partial charge in [0.2, 0.25) is 0 Å². The van der Waals surface area contributed by atoms with Gasteiger partial charge in [0, 0.05) is 25.4 Å². The molecule has 6 heteroatoms. The molecule has 0 saturated carbocycles. The second-order valence-electron chi connectivity index (χ2n) is 4.10. The van der Waals surface area contributed by atoms with Crippen LogP contribution in [0.1, 0.15) is 5.56 Å². The number of hydrogen-bond donors (Lipinski definition) is 2. The van der Waals surface area contributed by atoms with E-state index < -0.39 is 0 Å². The van der Waals surface area contributed by atoms with Crippen molar-refractivity contribution in [3.8, 4) is 0 Å². The minimum absolute atomic E-state index is 0.702. The molecule has 0 spiro atoms. The van der Waals surface area contributed by atoms with E-state index in [9.17, 15) is 0 Å². The highest BCUT2D eigenvalue weighted by Gasteiger charge is 2.06. The normalized spacial score (nSPS) is 10.9. The van der Waals surface area contributed by atoms with Crippen LogP contribution in [0.3, 0.4) is 0 Å². The van der Waals surface area contributed by atoms with Gasteiger partial charge in [0.1, 0.15) is 5.52 Å². The summed E-state index contributed by atoms with van der Waals surface area (Å²) in [5.74, 6) is 0. The maximum absolute atomic E-state index is 6.09. The third-order valence-electron chi connectivity index (χ3n) is 2.78. The van der Waals surface area contributed by atoms with E-state index in [1.807, 2.05) is 37.1 Å². The number of nitrogen functional groups attached to an aromatic ring is 1. The van der Waals surface area contributed by atoms with Crippen molar-refractivity contribution in [2.45, 2.75) is 6.54 Å². The first-order valence-electron chi connectivity index (χ1n) is 5.57. The van der Waals surface area contributed by atoms with Gasteiger partial charge < -0.3 is 11.1 Å². The highest BCUT2D eigenvalue weighted by Crippen LogP contribution is 2.30. The molecule has 1 aromatic carbocycles. The molecule has 0 aliphatic carbocycles. The highest BCUT2D eigenvalue weighted by molar-refractivity contribution is 7.16. The van der Waals surface area contributed by atoms with E-state index in [1.54, 1.807) is 16.0 Å². The van der Waals surface area contributed by atoms with E-state index in [0.717, 1.165) is 21.5 Å². The van der Waals surface area contributed by atoms with Crippen LogP contribution in [0.25, 0.3) is 10.2 Å². The zero-order chi connectivity index (χ0) is 12.5. The Balaban J connectivity index is 1.84. The number of aryl methyl sites for hydroxylation is 1. The third kappa shape index (κ3) is 1.91. The minimum Gasteiger partial charge on any atom is -0.395 e. The molecule has 3 aromatic rings. The monoisotopic (exact) mass is 259 g/mol. The van der Waals surface area contributed by atoms with Crippen LogP contribution < -0.4 is 11.1 Å². The Hall–Kier alpha value is -2.08. The summed E-state index contributed by atoms with van der Waals surface area (Å²) in [7, 11) is 1.90. The van der Waals surface area contributed by atoms with Gasteiger partial charge in [0.05, 0.1) is 27.8 Å². The maximum Gasteiger partial charge on any atom is 0.106 e. The molecule has 0 amide bonds. The average molecular weight is 259 g/mol. The van der Waals surface area contributed by atoms with Crippen LogP contribution in [0.5, 0.6) is 0 Å². The molecule has 2 heterocycles. The summed E-state index contributed by atoms with van der Waals surface area (Å²) in [5.41, 5.74) is 11.5. The second kappa shape index (κ2) is 4.30. The summed E-state index contributed by atoms with van der Waals surface area (Å²) in [6, 6.07) is 4.03. The van der Waals surface area contributed by atoms with E-state index in [4.69, 9.17) is 5.73 Å². The summed E-state index contributed by atoms with van der Waals surface area (Å²) in [5, 5.41) is 7.44. The number of anilines is 2. The van der Waals surface area contributed by atoms with Crippen LogP contribution in [0.15, 0.2) is 30.0 Å². The zero-order valence-corrected chi connectivity index (χ0v) is 10.7. The first-order chi connectivity index (χ1) is 8.74. The molecule has 0 saturated heterocycles. The van der Waals surface area contributed by atoms with Gasteiger partial charge in [-0.1, -0.05) is 0 Å². The Morgan fingerprint density at radius 3 is 3.11 bits per heavy atom. The fourth-order valence-electron chi connectivity index (χ4n) is 1.87. The first kappa shape index (κ1) is 11.0. The molecule has 0 unspecified atom stereocenters. The van der Waals surface area contributed by atoms with Gasteiger partial charge in [0.25, 0.3) is 0 Å². The number of nitrogens with zero attached hydrogens (tertiary/aromatic N) is 3. The van der Waals surface area contributed by atoms with Gasteiger partial charge in [-0.15, -0.1) is 11.3 Å². The molecule has 0 radical (unpaired) electrons. The summed E-state index contributed by atoms with van der Waals surface area (Å²) < 4.78 is 2.89. The van der Waals surface area contributed by atoms with E-state index in [-0.39, 0.29) is 0 Å². The van der Waals surface area contributed by atoms with Crippen molar-refractivity contribution >= 4 is 32.9 Å². The van der Waals surface area contributed by atoms with E-state index in [2.05, 4.69) is 15.4 Å². The molecule has 0 aliphatic rings. The Morgan fingerprint density at radius 1 is 1.44 bits per heavy atom. The maximum atomic E-state index is 6.09. The smallest absolute Gasteiger partial charge is 0.106 e. The summed E-state index contributed by atoms with van der Waals surface area (Å²) in [4.78, 5) is 4.28. The lowest BCUT2D eigenvalue weighted by Crippen LogP contribution is -2.02. The Morgan fingerprint density at radius 2 is 2.33 bits per heavy atom. The summed E-state index contributed by atoms with van der Waals surface area (Å²) >= 11 is 1.60.